The van der Waals surface area contributed by atoms with E-state index in [1.165, 1.54) is 13.0 Å². The summed E-state index contributed by atoms with van der Waals surface area (Å²) in [5.74, 6) is -4.56. The van der Waals surface area contributed by atoms with Gasteiger partial charge in [0.05, 0.1) is 23.3 Å². The summed E-state index contributed by atoms with van der Waals surface area (Å²) in [5, 5.41) is 0. The Balaban J connectivity index is 2.53. The molecule has 0 amide bonds. The first-order valence-electron chi connectivity index (χ1n) is 6.51. The molecule has 0 heterocycles. The van der Waals surface area contributed by atoms with E-state index < -0.39 is 49.6 Å². The standard InChI is InChI=1S/C15H12F3NO4S/c1-8-3-9(16)5-10(4-8)24(21,22)19-14-7-13(18)12(17)6-11(14)15(20)23-2/h3-7,19H,1-2H3. The quantitative estimate of drug-likeness (QED) is 0.852. The van der Waals surface area contributed by atoms with Crippen LogP contribution in [0.1, 0.15) is 15.9 Å². The van der Waals surface area contributed by atoms with Crippen LogP contribution in [0.4, 0.5) is 18.9 Å². The van der Waals surface area contributed by atoms with E-state index in [1.54, 1.807) is 0 Å². The van der Waals surface area contributed by atoms with Crippen molar-refractivity contribution in [3.8, 4) is 0 Å². The summed E-state index contributed by atoms with van der Waals surface area (Å²) in [7, 11) is -3.34. The number of carbonyl (C=O) groups is 1. The predicted octanol–water partition coefficient (Wildman–Crippen LogP) is 3.00. The largest absolute Gasteiger partial charge is 0.465 e. The van der Waals surface area contributed by atoms with Crippen LogP contribution >= 0.6 is 0 Å². The van der Waals surface area contributed by atoms with Crippen molar-refractivity contribution in [3.05, 3.63) is 58.9 Å². The molecule has 2 rings (SSSR count). The highest BCUT2D eigenvalue weighted by Crippen LogP contribution is 2.25. The molecule has 0 aromatic heterocycles. The smallest absolute Gasteiger partial charge is 0.340 e. The summed E-state index contributed by atoms with van der Waals surface area (Å²) in [6.45, 7) is 1.49. The molecule has 0 aliphatic rings. The molecule has 0 radical (unpaired) electrons. The number of hydrogen-bond acceptors (Lipinski definition) is 4. The molecule has 0 atom stereocenters. The van der Waals surface area contributed by atoms with Crippen LogP contribution in [0.2, 0.25) is 0 Å². The second kappa shape index (κ2) is 6.52. The lowest BCUT2D eigenvalue weighted by molar-refractivity contribution is 0.0601. The number of hydrogen-bond donors (Lipinski definition) is 1. The third-order valence-corrected chi connectivity index (χ3v) is 4.38. The van der Waals surface area contributed by atoms with E-state index in [4.69, 9.17) is 0 Å². The van der Waals surface area contributed by atoms with Crippen LogP contribution in [0, 0.1) is 24.4 Å². The lowest BCUT2D eigenvalue weighted by atomic mass is 10.2. The van der Waals surface area contributed by atoms with E-state index in [2.05, 4.69) is 4.74 Å². The minimum Gasteiger partial charge on any atom is -0.465 e. The fourth-order valence-electron chi connectivity index (χ4n) is 1.97. The van der Waals surface area contributed by atoms with Crippen LogP contribution in [0.5, 0.6) is 0 Å². The zero-order valence-corrected chi connectivity index (χ0v) is 13.4. The highest BCUT2D eigenvalue weighted by molar-refractivity contribution is 7.92. The van der Waals surface area contributed by atoms with E-state index in [0.717, 1.165) is 19.2 Å². The van der Waals surface area contributed by atoms with Gasteiger partial charge < -0.3 is 4.74 Å². The molecule has 0 bridgehead atoms. The van der Waals surface area contributed by atoms with Crippen molar-refractivity contribution in [3.63, 3.8) is 0 Å². The third kappa shape index (κ3) is 3.67. The van der Waals surface area contributed by atoms with Gasteiger partial charge in [-0.15, -0.1) is 0 Å². The van der Waals surface area contributed by atoms with Gasteiger partial charge in [0.1, 0.15) is 5.82 Å². The Bertz CT molecular complexity index is 893. The van der Waals surface area contributed by atoms with E-state index >= 15 is 0 Å². The molecule has 2 aromatic rings. The van der Waals surface area contributed by atoms with E-state index in [9.17, 15) is 26.4 Å². The maximum Gasteiger partial charge on any atom is 0.340 e. The van der Waals surface area contributed by atoms with Gasteiger partial charge in [-0.2, -0.15) is 0 Å². The van der Waals surface area contributed by atoms with Gasteiger partial charge in [-0.1, -0.05) is 0 Å². The lowest BCUT2D eigenvalue weighted by Crippen LogP contribution is -2.17. The Morgan fingerprint density at radius 2 is 1.67 bits per heavy atom. The molecule has 0 saturated heterocycles. The van der Waals surface area contributed by atoms with Gasteiger partial charge in [0, 0.05) is 6.07 Å². The normalized spacial score (nSPS) is 11.2. The number of sulfonamides is 1. The maximum atomic E-state index is 13.4. The zero-order valence-electron chi connectivity index (χ0n) is 12.6. The van der Waals surface area contributed by atoms with Crippen molar-refractivity contribution in [2.24, 2.45) is 0 Å². The van der Waals surface area contributed by atoms with Gasteiger partial charge in [-0.25, -0.2) is 26.4 Å². The maximum absolute atomic E-state index is 13.4. The zero-order chi connectivity index (χ0) is 18.1. The molecule has 0 fully saturated rings. The molecule has 0 unspecified atom stereocenters. The monoisotopic (exact) mass is 359 g/mol. The third-order valence-electron chi connectivity index (χ3n) is 3.04. The van der Waals surface area contributed by atoms with Gasteiger partial charge in [0.15, 0.2) is 11.6 Å². The van der Waals surface area contributed by atoms with Gasteiger partial charge in [-0.3, -0.25) is 4.72 Å². The number of methoxy groups -OCH3 is 1. The first kappa shape index (κ1) is 17.8. The van der Waals surface area contributed by atoms with Crippen molar-refractivity contribution in [1.29, 1.82) is 0 Å². The van der Waals surface area contributed by atoms with Crippen LogP contribution in [0.25, 0.3) is 0 Å². The fourth-order valence-corrected chi connectivity index (χ4v) is 3.16. The van der Waals surface area contributed by atoms with Crippen LogP contribution in [0.15, 0.2) is 35.2 Å². The predicted molar refractivity (Wildman–Crippen MR) is 79.6 cm³/mol. The minimum absolute atomic E-state index is 0.342. The number of aryl methyl sites for hydroxylation is 1. The molecule has 0 saturated carbocycles. The Hall–Kier alpha value is -2.55. The SMILES string of the molecule is COC(=O)c1cc(F)c(F)cc1NS(=O)(=O)c1cc(C)cc(F)c1. The Morgan fingerprint density at radius 3 is 2.25 bits per heavy atom. The van der Waals surface area contributed by atoms with Crippen molar-refractivity contribution in [2.45, 2.75) is 11.8 Å². The van der Waals surface area contributed by atoms with Crippen LogP contribution in [0.3, 0.4) is 0 Å². The highest BCUT2D eigenvalue weighted by atomic mass is 32.2. The Morgan fingerprint density at radius 1 is 1.04 bits per heavy atom. The van der Waals surface area contributed by atoms with Gasteiger partial charge in [-0.05, 0) is 36.8 Å². The molecule has 0 spiro atoms. The van der Waals surface area contributed by atoms with Crippen LogP contribution in [-0.2, 0) is 14.8 Å². The van der Waals surface area contributed by atoms with E-state index in [1.807, 2.05) is 4.72 Å². The minimum atomic E-state index is -4.34. The number of nitrogens with one attached hydrogen (secondary N) is 1. The average Bonchev–Trinajstić information content (AvgIpc) is 2.48. The second-order valence-electron chi connectivity index (χ2n) is 4.87. The number of halogens is 3. The molecule has 0 aliphatic heterocycles. The summed E-state index contributed by atoms with van der Waals surface area (Å²) in [4.78, 5) is 11.2. The number of carbonyl (C=O) groups excluding carboxylic acids is 1. The highest BCUT2D eigenvalue weighted by Gasteiger charge is 2.22. The summed E-state index contributed by atoms with van der Waals surface area (Å²) in [6, 6.07) is 4.08. The molecule has 9 heteroatoms. The molecule has 1 N–H and O–H groups in total. The van der Waals surface area contributed by atoms with Crippen LogP contribution in [-0.4, -0.2) is 21.5 Å². The molecule has 128 valence electrons. The summed E-state index contributed by atoms with van der Waals surface area (Å²) in [5.41, 5.74) is -0.704. The molecular weight excluding hydrogens is 347 g/mol. The lowest BCUT2D eigenvalue weighted by Gasteiger charge is -2.12. The van der Waals surface area contributed by atoms with Gasteiger partial charge >= 0.3 is 5.97 Å². The summed E-state index contributed by atoms with van der Waals surface area (Å²) < 4.78 is 71.1. The molecule has 2 aromatic carbocycles. The molecule has 0 aliphatic carbocycles. The van der Waals surface area contributed by atoms with E-state index in [0.29, 0.717) is 17.7 Å². The van der Waals surface area contributed by atoms with Crippen molar-refractivity contribution >= 4 is 21.7 Å². The average molecular weight is 359 g/mol. The number of anilines is 1. The molecule has 24 heavy (non-hydrogen) atoms. The van der Waals surface area contributed by atoms with Crippen molar-refractivity contribution in [1.82, 2.24) is 0 Å². The van der Waals surface area contributed by atoms with Crippen LogP contribution < -0.4 is 4.72 Å². The number of benzene rings is 2. The first-order valence-corrected chi connectivity index (χ1v) is 7.99. The Labute approximate surface area is 136 Å². The van der Waals surface area contributed by atoms with Gasteiger partial charge in [0.2, 0.25) is 0 Å². The second-order valence-corrected chi connectivity index (χ2v) is 6.56. The van der Waals surface area contributed by atoms with Crippen molar-refractivity contribution < 1.29 is 31.1 Å². The Kier molecular flexibility index (Phi) is 4.83. The number of ether oxygens (including phenoxy) is 1. The van der Waals surface area contributed by atoms with Gasteiger partial charge in [0.25, 0.3) is 10.0 Å². The number of rotatable bonds is 4. The number of esters is 1. The first-order chi connectivity index (χ1) is 11.1. The molecule has 5 nitrogen and oxygen atoms in total. The fraction of sp³-hybridized carbons (Fsp3) is 0.133. The molecular formula is C15H12F3NO4S. The van der Waals surface area contributed by atoms with Crippen molar-refractivity contribution in [2.75, 3.05) is 11.8 Å². The summed E-state index contributed by atoms with van der Waals surface area (Å²) >= 11 is 0. The topological polar surface area (TPSA) is 72.5 Å². The summed E-state index contributed by atoms with van der Waals surface area (Å²) in [6.07, 6.45) is 0. The van der Waals surface area contributed by atoms with E-state index in [-0.39, 0.29) is 0 Å².